The predicted octanol–water partition coefficient (Wildman–Crippen LogP) is 0.845. The number of carboxylic acid groups (broad SMARTS) is 1. The van der Waals surface area contributed by atoms with E-state index in [0.29, 0.717) is 11.6 Å². The summed E-state index contributed by atoms with van der Waals surface area (Å²) in [6, 6.07) is 0.552. The van der Waals surface area contributed by atoms with Crippen molar-refractivity contribution < 1.29 is 19.2 Å². The smallest absolute Gasteiger partial charge is 0.321 e. The number of aliphatic carboxylic acids is 1. The lowest BCUT2D eigenvalue weighted by Crippen LogP contribution is -2.47. The molecule has 0 saturated heterocycles. The Morgan fingerprint density at radius 1 is 1.63 bits per heavy atom. The van der Waals surface area contributed by atoms with Crippen LogP contribution in [0.4, 0.5) is 5.82 Å². The SMILES string of the molecule is Cc1cc(NC(=O)CSC(C)(C)[C@H](N)C(=O)O)no1. The number of anilines is 1. The second-order valence-electron chi connectivity index (χ2n) is 4.58. The van der Waals surface area contributed by atoms with Crippen molar-refractivity contribution in [3.63, 3.8) is 0 Å². The molecule has 1 heterocycles. The lowest BCUT2D eigenvalue weighted by atomic mass is 10.1. The molecule has 0 aliphatic rings. The molecular formula is C11H17N3O4S. The number of carboxylic acids is 1. The van der Waals surface area contributed by atoms with Crippen LogP contribution in [0.2, 0.25) is 0 Å². The predicted molar refractivity (Wildman–Crippen MR) is 72.0 cm³/mol. The second kappa shape index (κ2) is 6.07. The zero-order chi connectivity index (χ0) is 14.6. The van der Waals surface area contributed by atoms with E-state index < -0.39 is 16.8 Å². The number of thioether (sulfide) groups is 1. The molecule has 1 rings (SSSR count). The Balaban J connectivity index is 2.48. The van der Waals surface area contributed by atoms with Gasteiger partial charge in [0.2, 0.25) is 5.91 Å². The van der Waals surface area contributed by atoms with Crippen LogP contribution in [0.5, 0.6) is 0 Å². The summed E-state index contributed by atoms with van der Waals surface area (Å²) in [5, 5.41) is 15.0. The third-order valence-electron chi connectivity index (χ3n) is 2.49. The number of aromatic nitrogens is 1. The van der Waals surface area contributed by atoms with Crippen molar-refractivity contribution in [2.24, 2.45) is 5.73 Å². The van der Waals surface area contributed by atoms with Crippen molar-refractivity contribution in [3.8, 4) is 0 Å². The van der Waals surface area contributed by atoms with Crippen LogP contribution >= 0.6 is 11.8 Å². The highest BCUT2D eigenvalue weighted by atomic mass is 32.2. The molecule has 0 radical (unpaired) electrons. The number of hydrogen-bond donors (Lipinski definition) is 3. The van der Waals surface area contributed by atoms with Crippen LogP contribution in [-0.2, 0) is 9.59 Å². The first-order valence-corrected chi connectivity index (χ1v) is 6.56. The molecule has 1 aromatic heterocycles. The molecule has 7 nitrogen and oxygen atoms in total. The molecule has 1 aromatic rings. The summed E-state index contributed by atoms with van der Waals surface area (Å²) in [7, 11) is 0. The quantitative estimate of drug-likeness (QED) is 0.709. The van der Waals surface area contributed by atoms with E-state index in [1.54, 1.807) is 26.8 Å². The van der Waals surface area contributed by atoms with Crippen molar-refractivity contribution in [3.05, 3.63) is 11.8 Å². The molecule has 19 heavy (non-hydrogen) atoms. The summed E-state index contributed by atoms with van der Waals surface area (Å²) in [4.78, 5) is 22.5. The highest BCUT2D eigenvalue weighted by molar-refractivity contribution is 8.01. The van der Waals surface area contributed by atoms with Gasteiger partial charge in [-0.25, -0.2) is 0 Å². The highest BCUT2D eigenvalue weighted by Crippen LogP contribution is 2.27. The molecule has 0 spiro atoms. The molecule has 0 aliphatic carbocycles. The standard InChI is InChI=1S/C11H17N3O4S/c1-6-4-7(14-18-6)13-8(15)5-19-11(2,3)9(12)10(16)17/h4,9H,5,12H2,1-3H3,(H,16,17)(H,13,14,15)/t9-/m1/s1. The van der Waals surface area contributed by atoms with Gasteiger partial charge in [0.05, 0.1) is 5.75 Å². The first-order chi connectivity index (χ1) is 8.72. The maximum absolute atomic E-state index is 11.7. The Morgan fingerprint density at radius 2 is 2.26 bits per heavy atom. The number of nitrogens with two attached hydrogens (primary N) is 1. The van der Waals surface area contributed by atoms with E-state index >= 15 is 0 Å². The van der Waals surface area contributed by atoms with Gasteiger partial charge < -0.3 is 20.7 Å². The number of hydrogen-bond acceptors (Lipinski definition) is 6. The highest BCUT2D eigenvalue weighted by Gasteiger charge is 2.33. The van der Waals surface area contributed by atoms with E-state index in [9.17, 15) is 9.59 Å². The van der Waals surface area contributed by atoms with Crippen LogP contribution in [0.25, 0.3) is 0 Å². The average molecular weight is 287 g/mol. The zero-order valence-corrected chi connectivity index (χ0v) is 11.8. The van der Waals surface area contributed by atoms with Gasteiger partial charge in [-0.3, -0.25) is 9.59 Å². The topological polar surface area (TPSA) is 118 Å². The van der Waals surface area contributed by atoms with E-state index in [1.165, 1.54) is 11.8 Å². The third kappa shape index (κ3) is 4.56. The molecule has 0 bridgehead atoms. The summed E-state index contributed by atoms with van der Waals surface area (Å²) in [6.45, 7) is 5.08. The fraction of sp³-hybridized carbons (Fsp3) is 0.545. The van der Waals surface area contributed by atoms with Gasteiger partial charge in [0.1, 0.15) is 11.8 Å². The minimum absolute atomic E-state index is 0.0832. The number of carbonyl (C=O) groups is 2. The van der Waals surface area contributed by atoms with Crippen molar-refractivity contribution in [2.75, 3.05) is 11.1 Å². The Hall–Kier alpha value is -1.54. The van der Waals surface area contributed by atoms with E-state index in [2.05, 4.69) is 10.5 Å². The number of aryl methyl sites for hydroxylation is 1. The molecule has 1 atom stereocenters. The Bertz CT molecular complexity index is 472. The molecule has 0 saturated carbocycles. The molecule has 0 aromatic carbocycles. The number of amides is 1. The maximum atomic E-state index is 11.7. The van der Waals surface area contributed by atoms with Crippen LogP contribution in [0, 0.1) is 6.92 Å². The van der Waals surface area contributed by atoms with Gasteiger partial charge in [-0.15, -0.1) is 11.8 Å². The van der Waals surface area contributed by atoms with Gasteiger partial charge in [0.25, 0.3) is 0 Å². The van der Waals surface area contributed by atoms with Gasteiger partial charge in [-0.05, 0) is 20.8 Å². The van der Waals surface area contributed by atoms with Gasteiger partial charge in [0.15, 0.2) is 5.82 Å². The molecule has 4 N–H and O–H groups in total. The summed E-state index contributed by atoms with van der Waals surface area (Å²) in [6.07, 6.45) is 0. The third-order valence-corrected chi connectivity index (χ3v) is 3.89. The number of rotatable bonds is 6. The fourth-order valence-corrected chi connectivity index (χ4v) is 2.10. The minimum atomic E-state index is -1.09. The van der Waals surface area contributed by atoms with Crippen LogP contribution in [-0.4, -0.2) is 38.7 Å². The van der Waals surface area contributed by atoms with Crippen molar-refractivity contribution in [1.29, 1.82) is 0 Å². The maximum Gasteiger partial charge on any atom is 0.321 e. The van der Waals surface area contributed by atoms with Crippen LogP contribution in [0.3, 0.4) is 0 Å². The van der Waals surface area contributed by atoms with Crippen molar-refractivity contribution in [2.45, 2.75) is 31.6 Å². The van der Waals surface area contributed by atoms with E-state index in [4.69, 9.17) is 15.4 Å². The Kier molecular flexibility index (Phi) is 4.96. The largest absolute Gasteiger partial charge is 0.480 e. The summed E-state index contributed by atoms with van der Waals surface area (Å²) in [5.41, 5.74) is 5.56. The average Bonchev–Trinajstić information content (AvgIpc) is 2.71. The van der Waals surface area contributed by atoms with Gasteiger partial charge in [-0.2, -0.15) is 0 Å². The van der Waals surface area contributed by atoms with Gasteiger partial charge in [-0.1, -0.05) is 5.16 Å². The normalized spacial score (nSPS) is 13.1. The molecule has 0 fully saturated rings. The van der Waals surface area contributed by atoms with E-state index in [1.807, 2.05) is 0 Å². The van der Waals surface area contributed by atoms with E-state index in [-0.39, 0.29) is 11.7 Å². The van der Waals surface area contributed by atoms with E-state index in [0.717, 1.165) is 0 Å². The van der Waals surface area contributed by atoms with Crippen LogP contribution in [0.1, 0.15) is 19.6 Å². The van der Waals surface area contributed by atoms with Gasteiger partial charge >= 0.3 is 5.97 Å². The number of nitrogens with one attached hydrogen (secondary N) is 1. The molecule has 0 unspecified atom stereocenters. The van der Waals surface area contributed by atoms with Crippen molar-refractivity contribution in [1.82, 2.24) is 5.16 Å². The molecule has 1 amide bonds. The van der Waals surface area contributed by atoms with Crippen LogP contribution < -0.4 is 11.1 Å². The summed E-state index contributed by atoms with van der Waals surface area (Å²) >= 11 is 1.17. The fourth-order valence-electron chi connectivity index (χ4n) is 1.24. The first kappa shape index (κ1) is 15.5. The van der Waals surface area contributed by atoms with Gasteiger partial charge in [0, 0.05) is 10.8 Å². The second-order valence-corrected chi connectivity index (χ2v) is 6.21. The summed E-state index contributed by atoms with van der Waals surface area (Å²) in [5.74, 6) is -0.367. The lowest BCUT2D eigenvalue weighted by molar-refractivity contribution is -0.139. The number of nitrogens with zero attached hydrogens (tertiary/aromatic N) is 1. The molecule has 0 aliphatic heterocycles. The molecule has 106 valence electrons. The first-order valence-electron chi connectivity index (χ1n) is 5.58. The summed E-state index contributed by atoms with van der Waals surface area (Å²) < 4.78 is 4.06. The molecular weight excluding hydrogens is 270 g/mol. The number of carbonyl (C=O) groups excluding carboxylic acids is 1. The van der Waals surface area contributed by atoms with Crippen molar-refractivity contribution >= 4 is 29.5 Å². The molecule has 8 heteroatoms. The Morgan fingerprint density at radius 3 is 2.74 bits per heavy atom. The van der Waals surface area contributed by atoms with Crippen LogP contribution in [0.15, 0.2) is 10.6 Å². The minimum Gasteiger partial charge on any atom is -0.480 e. The Labute approximate surface area is 114 Å². The monoisotopic (exact) mass is 287 g/mol. The zero-order valence-electron chi connectivity index (χ0n) is 11.0. The lowest BCUT2D eigenvalue weighted by Gasteiger charge is -2.27.